The summed E-state index contributed by atoms with van der Waals surface area (Å²) in [5, 5.41) is 19.6. The highest BCUT2D eigenvalue weighted by Gasteiger charge is 2.30. The van der Waals surface area contributed by atoms with Crippen molar-refractivity contribution in [1.29, 1.82) is 0 Å². The number of thiol groups is 1. The minimum absolute atomic E-state index is 0.153. The number of hydrogen-bond donors (Lipinski definition) is 2. The molecular weight excluding hydrogens is 272 g/mol. The lowest BCUT2D eigenvalue weighted by Crippen LogP contribution is -2.25. The molecule has 1 heterocycles. The lowest BCUT2D eigenvalue weighted by Gasteiger charge is -2.16. The van der Waals surface area contributed by atoms with Gasteiger partial charge in [0, 0.05) is 30.3 Å². The quantitative estimate of drug-likeness (QED) is 0.495. The smallest absolute Gasteiger partial charge is 0.336 e. The van der Waals surface area contributed by atoms with E-state index in [1.165, 1.54) is 17.0 Å². The molecule has 1 saturated heterocycles. The van der Waals surface area contributed by atoms with E-state index in [4.69, 9.17) is 5.11 Å². The van der Waals surface area contributed by atoms with Crippen LogP contribution in [0.1, 0.15) is 16.8 Å². The van der Waals surface area contributed by atoms with Gasteiger partial charge in [0.2, 0.25) is 5.91 Å². The number of aromatic carboxylic acids is 1. The maximum atomic E-state index is 11.7. The van der Waals surface area contributed by atoms with E-state index >= 15 is 0 Å². The van der Waals surface area contributed by atoms with Gasteiger partial charge in [0.1, 0.15) is 0 Å². The van der Waals surface area contributed by atoms with Crippen LogP contribution in [0.2, 0.25) is 0 Å². The predicted molar refractivity (Wildman–Crippen MR) is 69.8 cm³/mol. The number of carboxylic acid groups (broad SMARTS) is 1. The maximum Gasteiger partial charge on any atom is 0.336 e. The summed E-state index contributed by atoms with van der Waals surface area (Å²) >= 11 is 4.18. The maximum absolute atomic E-state index is 11.7. The van der Waals surface area contributed by atoms with Gasteiger partial charge in [-0.05, 0) is 6.07 Å². The van der Waals surface area contributed by atoms with Crippen molar-refractivity contribution in [2.75, 3.05) is 11.4 Å². The standard InChI is InChI=1S/C11H10N2O5S/c14-10-4-9(19)5-12(10)7-1-6(11(15)16)2-8(3-7)13(17)18/h1-3,9,19H,4-5H2,(H,15,16). The van der Waals surface area contributed by atoms with Crippen LogP contribution in [0.15, 0.2) is 18.2 Å². The number of rotatable bonds is 3. The van der Waals surface area contributed by atoms with E-state index in [-0.39, 0.29) is 34.5 Å². The van der Waals surface area contributed by atoms with E-state index in [0.29, 0.717) is 6.54 Å². The SMILES string of the molecule is O=C(O)c1cc(N2CC(S)CC2=O)cc([N+](=O)[O-])c1. The van der Waals surface area contributed by atoms with Gasteiger partial charge in [0.25, 0.3) is 5.69 Å². The number of hydrogen-bond acceptors (Lipinski definition) is 5. The molecule has 0 aliphatic carbocycles. The second-order valence-electron chi connectivity index (χ2n) is 4.16. The van der Waals surface area contributed by atoms with Crippen LogP contribution in [-0.4, -0.2) is 33.7 Å². The zero-order valence-corrected chi connectivity index (χ0v) is 10.5. The molecule has 0 radical (unpaired) electrons. The highest BCUT2D eigenvalue weighted by Crippen LogP contribution is 2.28. The summed E-state index contributed by atoms with van der Waals surface area (Å²) < 4.78 is 0. The van der Waals surface area contributed by atoms with Crippen LogP contribution < -0.4 is 4.90 Å². The molecule has 1 unspecified atom stereocenters. The zero-order chi connectivity index (χ0) is 14.2. The summed E-state index contributed by atoms with van der Waals surface area (Å²) in [4.78, 5) is 34.1. The van der Waals surface area contributed by atoms with Gasteiger partial charge in [0.05, 0.1) is 16.2 Å². The van der Waals surface area contributed by atoms with Gasteiger partial charge in [-0.1, -0.05) is 0 Å². The van der Waals surface area contributed by atoms with Crippen LogP contribution >= 0.6 is 12.6 Å². The summed E-state index contributed by atoms with van der Waals surface area (Å²) in [6, 6.07) is 3.40. The number of carbonyl (C=O) groups is 2. The first-order chi connectivity index (χ1) is 8.88. The van der Waals surface area contributed by atoms with Gasteiger partial charge in [-0.3, -0.25) is 14.9 Å². The number of amides is 1. The number of benzene rings is 1. The molecule has 1 aliphatic heterocycles. The highest BCUT2D eigenvalue weighted by atomic mass is 32.1. The summed E-state index contributed by atoms with van der Waals surface area (Å²) in [6.07, 6.45) is 0.230. The number of nitro benzene ring substituents is 1. The van der Waals surface area contributed by atoms with Crippen LogP contribution in [0.3, 0.4) is 0 Å². The van der Waals surface area contributed by atoms with E-state index < -0.39 is 10.9 Å². The van der Waals surface area contributed by atoms with Crippen LogP contribution in [0.5, 0.6) is 0 Å². The Labute approximate surface area is 113 Å². The number of nitro groups is 1. The van der Waals surface area contributed by atoms with E-state index in [1.807, 2.05) is 0 Å². The molecule has 1 aromatic rings. The molecule has 1 amide bonds. The molecule has 1 aliphatic rings. The van der Waals surface area contributed by atoms with Crippen molar-refractivity contribution < 1.29 is 19.6 Å². The molecule has 0 saturated carbocycles. The average molecular weight is 282 g/mol. The lowest BCUT2D eigenvalue weighted by atomic mass is 10.1. The summed E-state index contributed by atoms with van der Waals surface area (Å²) in [5.41, 5.74) is -0.363. The fourth-order valence-electron chi connectivity index (χ4n) is 1.92. The summed E-state index contributed by atoms with van der Waals surface area (Å²) in [6.45, 7) is 0.308. The third-order valence-electron chi connectivity index (χ3n) is 2.78. The number of non-ortho nitro benzene ring substituents is 1. The Bertz CT molecular complexity index is 542. The van der Waals surface area contributed by atoms with E-state index in [9.17, 15) is 19.7 Å². The average Bonchev–Trinajstić information content (AvgIpc) is 2.67. The zero-order valence-electron chi connectivity index (χ0n) is 9.65. The monoisotopic (exact) mass is 282 g/mol. The molecule has 7 nitrogen and oxygen atoms in total. The first-order valence-electron chi connectivity index (χ1n) is 5.39. The fourth-order valence-corrected chi connectivity index (χ4v) is 2.24. The second kappa shape index (κ2) is 4.88. The molecule has 1 N–H and O–H groups in total. The van der Waals surface area contributed by atoms with Crippen molar-refractivity contribution in [3.63, 3.8) is 0 Å². The Hall–Kier alpha value is -2.09. The largest absolute Gasteiger partial charge is 0.478 e. The Balaban J connectivity index is 2.48. The third kappa shape index (κ3) is 2.68. The minimum atomic E-state index is -1.28. The molecule has 1 fully saturated rings. The van der Waals surface area contributed by atoms with Crippen molar-refractivity contribution in [2.45, 2.75) is 11.7 Å². The molecule has 0 spiro atoms. The highest BCUT2D eigenvalue weighted by molar-refractivity contribution is 7.81. The summed E-state index contributed by atoms with van der Waals surface area (Å²) in [5.74, 6) is -1.50. The van der Waals surface area contributed by atoms with Crippen LogP contribution in [0, 0.1) is 10.1 Å². The Kier molecular flexibility index (Phi) is 3.43. The van der Waals surface area contributed by atoms with Crippen molar-refractivity contribution in [2.24, 2.45) is 0 Å². The first-order valence-corrected chi connectivity index (χ1v) is 5.91. The van der Waals surface area contributed by atoms with Crippen molar-refractivity contribution in [3.05, 3.63) is 33.9 Å². The minimum Gasteiger partial charge on any atom is -0.478 e. The summed E-state index contributed by atoms with van der Waals surface area (Å²) in [7, 11) is 0. The predicted octanol–water partition coefficient (Wildman–Crippen LogP) is 1.33. The van der Waals surface area contributed by atoms with Gasteiger partial charge < -0.3 is 10.0 Å². The fraction of sp³-hybridized carbons (Fsp3) is 0.273. The molecule has 2 rings (SSSR count). The van der Waals surface area contributed by atoms with E-state index in [1.54, 1.807) is 0 Å². The Morgan fingerprint density at radius 1 is 1.47 bits per heavy atom. The van der Waals surface area contributed by atoms with Crippen LogP contribution in [-0.2, 0) is 4.79 Å². The Morgan fingerprint density at radius 3 is 2.63 bits per heavy atom. The molecule has 0 bridgehead atoms. The van der Waals surface area contributed by atoms with E-state index in [0.717, 1.165) is 6.07 Å². The second-order valence-corrected chi connectivity index (χ2v) is 4.89. The van der Waals surface area contributed by atoms with Crippen LogP contribution in [0.4, 0.5) is 11.4 Å². The number of anilines is 1. The van der Waals surface area contributed by atoms with Gasteiger partial charge in [-0.25, -0.2) is 4.79 Å². The van der Waals surface area contributed by atoms with Gasteiger partial charge in [0.15, 0.2) is 0 Å². The normalized spacial score (nSPS) is 18.7. The third-order valence-corrected chi connectivity index (χ3v) is 3.12. The molecule has 1 aromatic carbocycles. The molecule has 0 aromatic heterocycles. The van der Waals surface area contributed by atoms with Crippen LogP contribution in [0.25, 0.3) is 0 Å². The number of carboxylic acids is 1. The van der Waals surface area contributed by atoms with Crippen molar-refractivity contribution in [1.82, 2.24) is 0 Å². The van der Waals surface area contributed by atoms with Gasteiger partial charge >= 0.3 is 5.97 Å². The van der Waals surface area contributed by atoms with Gasteiger partial charge in [-0.2, -0.15) is 12.6 Å². The topological polar surface area (TPSA) is 101 Å². The lowest BCUT2D eigenvalue weighted by molar-refractivity contribution is -0.384. The molecule has 8 heteroatoms. The first kappa shape index (κ1) is 13.3. The molecule has 100 valence electrons. The van der Waals surface area contributed by atoms with Gasteiger partial charge in [-0.15, -0.1) is 0 Å². The molecule has 1 atom stereocenters. The van der Waals surface area contributed by atoms with Crippen molar-refractivity contribution in [3.8, 4) is 0 Å². The van der Waals surface area contributed by atoms with E-state index in [2.05, 4.69) is 12.6 Å². The Morgan fingerprint density at radius 2 is 2.16 bits per heavy atom. The number of carbonyl (C=O) groups excluding carboxylic acids is 1. The number of nitrogens with zero attached hydrogens (tertiary/aromatic N) is 2. The molecular formula is C11H10N2O5S. The molecule has 19 heavy (non-hydrogen) atoms. The van der Waals surface area contributed by atoms with Crippen molar-refractivity contribution >= 4 is 35.9 Å².